The van der Waals surface area contributed by atoms with Crippen LogP contribution in [0.15, 0.2) is 18.2 Å². The highest BCUT2D eigenvalue weighted by Crippen LogP contribution is 2.24. The Balaban J connectivity index is 2.20. The number of nitrogens with zero attached hydrogens (tertiary/aromatic N) is 1. The van der Waals surface area contributed by atoms with E-state index in [4.69, 9.17) is 0 Å². The SMILES string of the molecule is CCCC1CNC(C)(CC)CN1Cc1c(F)cccc1F. The third-order valence-corrected chi connectivity index (χ3v) is 4.66. The molecule has 2 nitrogen and oxygen atoms in total. The Morgan fingerprint density at radius 3 is 2.52 bits per heavy atom. The Hall–Kier alpha value is -1.00. The van der Waals surface area contributed by atoms with Crippen molar-refractivity contribution in [2.24, 2.45) is 0 Å². The van der Waals surface area contributed by atoms with Crippen LogP contribution in [0.4, 0.5) is 8.78 Å². The highest BCUT2D eigenvalue weighted by Gasteiger charge is 2.34. The molecule has 0 aliphatic carbocycles. The van der Waals surface area contributed by atoms with E-state index in [1.807, 2.05) is 0 Å². The summed E-state index contributed by atoms with van der Waals surface area (Å²) in [5.41, 5.74) is 0.213. The lowest BCUT2D eigenvalue weighted by Gasteiger charge is -2.46. The van der Waals surface area contributed by atoms with Gasteiger partial charge in [0.25, 0.3) is 0 Å². The Kier molecular flexibility index (Phi) is 5.33. The third-order valence-electron chi connectivity index (χ3n) is 4.66. The molecule has 1 aliphatic heterocycles. The van der Waals surface area contributed by atoms with Gasteiger partial charge < -0.3 is 5.32 Å². The molecule has 2 unspecified atom stereocenters. The van der Waals surface area contributed by atoms with Crippen LogP contribution >= 0.6 is 0 Å². The van der Waals surface area contributed by atoms with E-state index in [2.05, 4.69) is 31.0 Å². The Morgan fingerprint density at radius 1 is 1.29 bits per heavy atom. The molecule has 4 heteroatoms. The van der Waals surface area contributed by atoms with E-state index in [0.29, 0.717) is 12.6 Å². The topological polar surface area (TPSA) is 15.3 Å². The van der Waals surface area contributed by atoms with E-state index in [1.54, 1.807) is 0 Å². The van der Waals surface area contributed by atoms with Gasteiger partial charge in [0.05, 0.1) is 0 Å². The molecule has 1 heterocycles. The molecule has 0 bridgehead atoms. The van der Waals surface area contributed by atoms with Gasteiger partial charge in [-0.2, -0.15) is 0 Å². The predicted molar refractivity (Wildman–Crippen MR) is 82.2 cm³/mol. The summed E-state index contributed by atoms with van der Waals surface area (Å²) in [4.78, 5) is 2.24. The average Bonchev–Trinajstić information content (AvgIpc) is 2.46. The second-order valence-corrected chi connectivity index (χ2v) is 6.34. The summed E-state index contributed by atoms with van der Waals surface area (Å²) in [5.74, 6) is -0.885. The fraction of sp³-hybridized carbons (Fsp3) is 0.647. The van der Waals surface area contributed by atoms with E-state index in [-0.39, 0.29) is 11.1 Å². The largest absolute Gasteiger partial charge is 0.309 e. The van der Waals surface area contributed by atoms with Crippen molar-refractivity contribution in [3.8, 4) is 0 Å². The van der Waals surface area contributed by atoms with Crippen LogP contribution in [0.5, 0.6) is 0 Å². The zero-order valence-corrected chi connectivity index (χ0v) is 13.3. The van der Waals surface area contributed by atoms with Gasteiger partial charge in [0.1, 0.15) is 11.6 Å². The van der Waals surface area contributed by atoms with Crippen molar-refractivity contribution in [2.45, 2.75) is 58.2 Å². The van der Waals surface area contributed by atoms with Crippen molar-refractivity contribution < 1.29 is 8.78 Å². The lowest BCUT2D eigenvalue weighted by atomic mass is 9.92. The smallest absolute Gasteiger partial charge is 0.130 e. The number of benzene rings is 1. The number of halogens is 2. The molecular formula is C17H26F2N2. The van der Waals surface area contributed by atoms with Crippen LogP contribution in [0, 0.1) is 11.6 Å². The summed E-state index contributed by atoms with van der Waals surface area (Å²) < 4.78 is 27.8. The number of rotatable bonds is 5. The molecule has 0 radical (unpaired) electrons. The van der Waals surface area contributed by atoms with E-state index in [1.165, 1.54) is 18.2 Å². The van der Waals surface area contributed by atoms with Crippen LogP contribution in [0.1, 0.15) is 45.6 Å². The maximum absolute atomic E-state index is 13.9. The molecule has 1 aromatic carbocycles. The molecule has 0 spiro atoms. The van der Waals surface area contributed by atoms with Crippen molar-refractivity contribution >= 4 is 0 Å². The molecule has 21 heavy (non-hydrogen) atoms. The van der Waals surface area contributed by atoms with Gasteiger partial charge in [0.2, 0.25) is 0 Å². The Labute approximate surface area is 126 Å². The molecule has 1 N–H and O–H groups in total. The zero-order valence-electron chi connectivity index (χ0n) is 13.3. The van der Waals surface area contributed by atoms with Crippen molar-refractivity contribution in [2.75, 3.05) is 13.1 Å². The summed E-state index contributed by atoms with van der Waals surface area (Å²) in [5, 5.41) is 3.60. The highest BCUT2D eigenvalue weighted by atomic mass is 19.1. The molecule has 0 amide bonds. The number of nitrogens with one attached hydrogen (secondary N) is 1. The second-order valence-electron chi connectivity index (χ2n) is 6.34. The fourth-order valence-electron chi connectivity index (χ4n) is 3.05. The summed E-state index contributed by atoms with van der Waals surface area (Å²) in [7, 11) is 0. The van der Waals surface area contributed by atoms with Crippen LogP contribution in [0.2, 0.25) is 0 Å². The Bertz CT molecular complexity index is 458. The maximum Gasteiger partial charge on any atom is 0.130 e. The minimum absolute atomic E-state index is 0.0198. The summed E-state index contributed by atoms with van der Waals surface area (Å²) in [6, 6.07) is 4.45. The van der Waals surface area contributed by atoms with E-state index in [0.717, 1.165) is 32.4 Å². The summed E-state index contributed by atoms with van der Waals surface area (Å²) in [6.45, 7) is 8.53. The molecule has 1 aliphatic rings. The first kappa shape index (κ1) is 16.4. The van der Waals surface area contributed by atoms with Crippen molar-refractivity contribution in [3.05, 3.63) is 35.4 Å². The van der Waals surface area contributed by atoms with Crippen molar-refractivity contribution in [3.63, 3.8) is 0 Å². The quantitative estimate of drug-likeness (QED) is 0.891. The van der Waals surface area contributed by atoms with Gasteiger partial charge in [-0.1, -0.05) is 26.3 Å². The second kappa shape index (κ2) is 6.84. The van der Waals surface area contributed by atoms with Crippen LogP contribution in [0.3, 0.4) is 0 Å². The van der Waals surface area contributed by atoms with Crippen molar-refractivity contribution in [1.82, 2.24) is 10.2 Å². The third kappa shape index (κ3) is 3.80. The first-order chi connectivity index (χ1) is 9.99. The molecular weight excluding hydrogens is 270 g/mol. The molecule has 0 saturated carbocycles. The minimum Gasteiger partial charge on any atom is -0.309 e. The Morgan fingerprint density at radius 2 is 1.95 bits per heavy atom. The van der Waals surface area contributed by atoms with Gasteiger partial charge in [-0.15, -0.1) is 0 Å². The van der Waals surface area contributed by atoms with Gasteiger partial charge in [-0.3, -0.25) is 4.90 Å². The summed E-state index contributed by atoms with van der Waals surface area (Å²) >= 11 is 0. The minimum atomic E-state index is -0.443. The van der Waals surface area contributed by atoms with Crippen LogP contribution < -0.4 is 5.32 Å². The standard InChI is InChI=1S/C17H26F2N2/c1-4-7-13-10-20-17(3,5-2)12-21(13)11-14-15(18)8-6-9-16(14)19/h6,8-9,13,20H,4-5,7,10-12H2,1-3H3. The van der Waals surface area contributed by atoms with E-state index < -0.39 is 11.6 Å². The monoisotopic (exact) mass is 296 g/mol. The lowest BCUT2D eigenvalue weighted by Crippen LogP contribution is -2.62. The molecule has 0 aromatic heterocycles. The van der Waals surface area contributed by atoms with Crippen molar-refractivity contribution in [1.29, 1.82) is 0 Å². The molecule has 1 saturated heterocycles. The van der Waals surface area contributed by atoms with Crippen LogP contribution in [-0.2, 0) is 6.54 Å². The summed E-state index contributed by atoms with van der Waals surface area (Å²) in [6.07, 6.45) is 3.12. The normalized spacial score (nSPS) is 27.0. The van der Waals surface area contributed by atoms with E-state index in [9.17, 15) is 8.78 Å². The molecule has 2 rings (SSSR count). The van der Waals surface area contributed by atoms with Gasteiger partial charge in [0.15, 0.2) is 0 Å². The van der Waals surface area contributed by atoms with E-state index >= 15 is 0 Å². The van der Waals surface area contributed by atoms with Gasteiger partial charge in [-0.05, 0) is 31.9 Å². The lowest BCUT2D eigenvalue weighted by molar-refractivity contribution is 0.0706. The first-order valence-corrected chi connectivity index (χ1v) is 7.91. The molecule has 1 aromatic rings. The van der Waals surface area contributed by atoms with Gasteiger partial charge in [0, 0.05) is 36.8 Å². The fourth-order valence-corrected chi connectivity index (χ4v) is 3.05. The van der Waals surface area contributed by atoms with Gasteiger partial charge in [-0.25, -0.2) is 8.78 Å². The number of hydrogen-bond acceptors (Lipinski definition) is 2. The number of hydrogen-bond donors (Lipinski definition) is 1. The molecule has 2 atom stereocenters. The average molecular weight is 296 g/mol. The highest BCUT2D eigenvalue weighted by molar-refractivity contribution is 5.20. The maximum atomic E-state index is 13.9. The zero-order chi connectivity index (χ0) is 15.5. The number of piperazine rings is 1. The van der Waals surface area contributed by atoms with Crippen LogP contribution in [-0.4, -0.2) is 29.6 Å². The van der Waals surface area contributed by atoms with Gasteiger partial charge >= 0.3 is 0 Å². The first-order valence-electron chi connectivity index (χ1n) is 7.91. The molecule has 118 valence electrons. The predicted octanol–water partition coefficient (Wildman–Crippen LogP) is 3.71. The molecule has 1 fully saturated rings. The van der Waals surface area contributed by atoms with Crippen LogP contribution in [0.25, 0.3) is 0 Å².